The molecule has 2 rings (SSSR count). The molecule has 1 fully saturated rings. The number of urea groups is 1. The minimum Gasteiger partial charge on any atom is -0.480 e. The molecule has 1 aromatic carbocycles. The number of carbonyl (C=O) groups excluding carboxylic acids is 1. The Bertz CT molecular complexity index is 504. The van der Waals surface area contributed by atoms with Crippen molar-refractivity contribution in [2.24, 2.45) is 0 Å². The molecular weight excluding hydrogens is 268 g/mol. The summed E-state index contributed by atoms with van der Waals surface area (Å²) < 4.78 is 0. The summed E-state index contributed by atoms with van der Waals surface area (Å²) in [6.07, 6.45) is 1.33. The monoisotopic (exact) mass is 290 g/mol. The molecule has 1 aliphatic heterocycles. The van der Waals surface area contributed by atoms with Crippen LogP contribution >= 0.6 is 0 Å². The predicted octanol–water partition coefficient (Wildman–Crippen LogP) is 2.39. The van der Waals surface area contributed by atoms with Gasteiger partial charge in [0.2, 0.25) is 0 Å². The van der Waals surface area contributed by atoms with Gasteiger partial charge < -0.3 is 14.9 Å². The lowest BCUT2D eigenvalue weighted by Gasteiger charge is -2.28. The fourth-order valence-corrected chi connectivity index (χ4v) is 2.90. The lowest BCUT2D eigenvalue weighted by atomic mass is 9.99. The average Bonchev–Trinajstić information content (AvgIpc) is 2.97. The first kappa shape index (κ1) is 15.4. The molecule has 0 aliphatic carbocycles. The number of nitrogens with zero attached hydrogens (tertiary/aromatic N) is 2. The Morgan fingerprint density at radius 1 is 1.38 bits per heavy atom. The zero-order valence-corrected chi connectivity index (χ0v) is 12.5. The lowest BCUT2D eigenvalue weighted by molar-refractivity contribution is -0.142. The fraction of sp³-hybridized carbons (Fsp3) is 0.500. The molecule has 114 valence electrons. The molecular formula is C16H22N2O3. The third-order valence-electron chi connectivity index (χ3n) is 4.17. The molecule has 1 saturated heterocycles. The Labute approximate surface area is 125 Å². The Morgan fingerprint density at radius 3 is 2.62 bits per heavy atom. The topological polar surface area (TPSA) is 60.9 Å². The summed E-state index contributed by atoms with van der Waals surface area (Å²) in [4.78, 5) is 26.7. The smallest absolute Gasteiger partial charge is 0.326 e. The van der Waals surface area contributed by atoms with Gasteiger partial charge in [-0.05, 0) is 18.4 Å². The zero-order valence-electron chi connectivity index (χ0n) is 12.5. The molecule has 2 amide bonds. The highest BCUT2D eigenvalue weighted by Crippen LogP contribution is 2.27. The molecule has 5 nitrogen and oxygen atoms in total. The van der Waals surface area contributed by atoms with Gasteiger partial charge in [-0.15, -0.1) is 0 Å². The van der Waals surface area contributed by atoms with Gasteiger partial charge in [-0.25, -0.2) is 9.59 Å². The van der Waals surface area contributed by atoms with E-state index in [2.05, 4.69) is 12.1 Å². The normalized spacial score (nSPS) is 19.3. The molecule has 2 unspecified atom stereocenters. The van der Waals surface area contributed by atoms with E-state index in [-0.39, 0.29) is 6.03 Å². The van der Waals surface area contributed by atoms with Crippen molar-refractivity contribution in [2.75, 3.05) is 20.1 Å². The SMILES string of the molecule is CCC(C(=O)O)N(C)C(=O)N1CCC(c2ccccc2)C1. The van der Waals surface area contributed by atoms with Crippen LogP contribution in [0.4, 0.5) is 4.79 Å². The molecule has 0 spiro atoms. The number of carboxylic acid groups (broad SMARTS) is 1. The molecule has 0 aromatic heterocycles. The largest absolute Gasteiger partial charge is 0.480 e. The highest BCUT2D eigenvalue weighted by molar-refractivity contribution is 5.82. The van der Waals surface area contributed by atoms with E-state index < -0.39 is 12.0 Å². The second-order valence-electron chi connectivity index (χ2n) is 5.50. The van der Waals surface area contributed by atoms with Crippen LogP contribution in [0.15, 0.2) is 30.3 Å². The van der Waals surface area contributed by atoms with Crippen LogP contribution in [-0.4, -0.2) is 53.1 Å². The van der Waals surface area contributed by atoms with E-state index in [1.807, 2.05) is 18.2 Å². The first-order valence-corrected chi connectivity index (χ1v) is 7.34. The van der Waals surface area contributed by atoms with E-state index in [4.69, 9.17) is 5.11 Å². The molecule has 1 N–H and O–H groups in total. The number of carbonyl (C=O) groups is 2. The van der Waals surface area contributed by atoms with Crippen molar-refractivity contribution in [3.8, 4) is 0 Å². The average molecular weight is 290 g/mol. The highest BCUT2D eigenvalue weighted by Gasteiger charge is 2.32. The first-order chi connectivity index (χ1) is 10.0. The van der Waals surface area contributed by atoms with Gasteiger partial charge in [-0.3, -0.25) is 0 Å². The van der Waals surface area contributed by atoms with E-state index in [9.17, 15) is 9.59 Å². The molecule has 0 radical (unpaired) electrons. The molecule has 2 atom stereocenters. The summed E-state index contributed by atoms with van der Waals surface area (Å²) in [6, 6.07) is 9.19. The van der Waals surface area contributed by atoms with Crippen LogP contribution < -0.4 is 0 Å². The van der Waals surface area contributed by atoms with Crippen LogP contribution in [0.25, 0.3) is 0 Å². The summed E-state index contributed by atoms with van der Waals surface area (Å²) in [5, 5.41) is 9.15. The Kier molecular flexibility index (Phi) is 4.83. The van der Waals surface area contributed by atoms with E-state index in [1.54, 1.807) is 18.9 Å². The number of aliphatic carboxylic acids is 1. The van der Waals surface area contributed by atoms with Crippen LogP contribution in [0.1, 0.15) is 31.2 Å². The first-order valence-electron chi connectivity index (χ1n) is 7.34. The van der Waals surface area contributed by atoms with Crippen LogP contribution in [0.5, 0.6) is 0 Å². The molecule has 0 bridgehead atoms. The van der Waals surface area contributed by atoms with Gasteiger partial charge in [0.25, 0.3) is 0 Å². The van der Waals surface area contributed by atoms with Crippen LogP contribution in [0, 0.1) is 0 Å². The van der Waals surface area contributed by atoms with Crippen molar-refractivity contribution in [3.05, 3.63) is 35.9 Å². The van der Waals surface area contributed by atoms with E-state index in [0.29, 0.717) is 25.4 Å². The number of amides is 2. The van der Waals surface area contributed by atoms with Gasteiger partial charge >= 0.3 is 12.0 Å². The van der Waals surface area contributed by atoms with Crippen molar-refractivity contribution in [1.29, 1.82) is 0 Å². The molecule has 1 heterocycles. The minimum absolute atomic E-state index is 0.192. The highest BCUT2D eigenvalue weighted by atomic mass is 16.4. The maximum Gasteiger partial charge on any atom is 0.326 e. The second-order valence-corrected chi connectivity index (χ2v) is 5.50. The summed E-state index contributed by atoms with van der Waals surface area (Å²) >= 11 is 0. The number of hydrogen-bond donors (Lipinski definition) is 1. The number of benzene rings is 1. The summed E-state index contributed by atoms with van der Waals surface area (Å²) in [5.41, 5.74) is 1.24. The quantitative estimate of drug-likeness (QED) is 0.926. The number of carboxylic acids is 1. The van der Waals surface area contributed by atoms with Gasteiger partial charge in [0.1, 0.15) is 6.04 Å². The third kappa shape index (κ3) is 3.35. The molecule has 1 aliphatic rings. The zero-order chi connectivity index (χ0) is 15.4. The fourth-order valence-electron chi connectivity index (χ4n) is 2.90. The van der Waals surface area contributed by atoms with Crippen molar-refractivity contribution in [3.63, 3.8) is 0 Å². The predicted molar refractivity (Wildman–Crippen MR) is 80.2 cm³/mol. The molecule has 1 aromatic rings. The van der Waals surface area contributed by atoms with Crippen molar-refractivity contribution in [2.45, 2.75) is 31.7 Å². The molecule has 5 heteroatoms. The standard InChI is InChI=1S/C16H22N2O3/c1-3-14(15(19)20)17(2)16(21)18-10-9-13(11-18)12-7-5-4-6-8-12/h4-8,13-14H,3,9-11H2,1-2H3,(H,19,20). The number of likely N-dealkylation sites (tertiary alicyclic amines) is 1. The Morgan fingerprint density at radius 2 is 2.05 bits per heavy atom. The maximum absolute atomic E-state index is 12.4. The minimum atomic E-state index is -0.952. The van der Waals surface area contributed by atoms with Crippen LogP contribution in [0.2, 0.25) is 0 Å². The van der Waals surface area contributed by atoms with Crippen molar-refractivity contribution >= 4 is 12.0 Å². The number of hydrogen-bond acceptors (Lipinski definition) is 2. The molecule has 0 saturated carbocycles. The number of rotatable bonds is 4. The second kappa shape index (κ2) is 6.61. The van der Waals surface area contributed by atoms with Gasteiger partial charge in [-0.2, -0.15) is 0 Å². The summed E-state index contributed by atoms with van der Waals surface area (Å²) in [6.45, 7) is 3.11. The maximum atomic E-state index is 12.4. The van der Waals surface area contributed by atoms with Crippen molar-refractivity contribution in [1.82, 2.24) is 9.80 Å². The Hall–Kier alpha value is -2.04. The van der Waals surface area contributed by atoms with E-state index in [1.165, 1.54) is 10.5 Å². The third-order valence-corrected chi connectivity index (χ3v) is 4.17. The Balaban J connectivity index is 2.00. The number of likely N-dealkylation sites (N-methyl/N-ethyl adjacent to an activating group) is 1. The van der Waals surface area contributed by atoms with Gasteiger partial charge in [0, 0.05) is 26.1 Å². The van der Waals surface area contributed by atoms with Gasteiger partial charge in [0.15, 0.2) is 0 Å². The van der Waals surface area contributed by atoms with Crippen LogP contribution in [0.3, 0.4) is 0 Å². The van der Waals surface area contributed by atoms with E-state index >= 15 is 0 Å². The van der Waals surface area contributed by atoms with Crippen LogP contribution in [-0.2, 0) is 4.79 Å². The summed E-state index contributed by atoms with van der Waals surface area (Å²) in [7, 11) is 1.57. The van der Waals surface area contributed by atoms with Gasteiger partial charge in [-0.1, -0.05) is 37.3 Å². The van der Waals surface area contributed by atoms with Gasteiger partial charge in [0.05, 0.1) is 0 Å². The molecule has 21 heavy (non-hydrogen) atoms. The van der Waals surface area contributed by atoms with E-state index in [0.717, 1.165) is 6.42 Å². The lowest BCUT2D eigenvalue weighted by Crippen LogP contribution is -2.48. The summed E-state index contributed by atoms with van der Waals surface area (Å²) in [5.74, 6) is -0.611. The van der Waals surface area contributed by atoms with Crippen molar-refractivity contribution < 1.29 is 14.7 Å².